The quantitative estimate of drug-likeness (QED) is 0.747. The van der Waals surface area contributed by atoms with E-state index in [-0.39, 0.29) is 12.6 Å². The van der Waals surface area contributed by atoms with Crippen LogP contribution in [0.15, 0.2) is 36.2 Å². The number of halogens is 1. The van der Waals surface area contributed by atoms with Crippen molar-refractivity contribution in [3.63, 3.8) is 0 Å². The lowest BCUT2D eigenvalue weighted by Crippen LogP contribution is -2.36. The molecule has 110 valence electrons. The third kappa shape index (κ3) is 4.55. The van der Waals surface area contributed by atoms with Gasteiger partial charge in [0, 0.05) is 38.1 Å². The first-order valence-electron chi connectivity index (χ1n) is 6.46. The Bertz CT molecular complexity index is 459. The van der Waals surface area contributed by atoms with E-state index >= 15 is 0 Å². The van der Waals surface area contributed by atoms with Crippen LogP contribution in [-0.4, -0.2) is 32.7 Å². The lowest BCUT2D eigenvalue weighted by Gasteiger charge is -2.18. The summed E-state index contributed by atoms with van der Waals surface area (Å²) < 4.78 is 12.4. The fourth-order valence-electron chi connectivity index (χ4n) is 1.56. The van der Waals surface area contributed by atoms with E-state index < -0.39 is 0 Å². The maximum Gasteiger partial charge on any atom is 0.321 e. The molecule has 0 heterocycles. The van der Waals surface area contributed by atoms with Crippen LogP contribution < -0.4 is 21.3 Å². The molecule has 0 aliphatic heterocycles. The van der Waals surface area contributed by atoms with Crippen molar-refractivity contribution in [2.45, 2.75) is 6.92 Å². The van der Waals surface area contributed by atoms with Crippen LogP contribution in [0.25, 0.3) is 0 Å². The second kappa shape index (κ2) is 8.16. The van der Waals surface area contributed by atoms with Crippen LogP contribution in [0, 0.1) is 0 Å². The second-order valence-corrected chi connectivity index (χ2v) is 4.27. The number of hydrogen-bond acceptors (Lipinski definition) is 3. The van der Waals surface area contributed by atoms with E-state index in [1.54, 1.807) is 7.05 Å². The number of nitrogens with one attached hydrogen (secondary N) is 2. The van der Waals surface area contributed by atoms with E-state index in [0.717, 1.165) is 11.4 Å². The summed E-state index contributed by atoms with van der Waals surface area (Å²) in [5.74, 6) is 0. The van der Waals surface area contributed by atoms with Gasteiger partial charge in [0.1, 0.15) is 0 Å². The molecule has 0 unspecified atom stereocenters. The molecular formula is C14H21FN4O. The minimum Gasteiger partial charge on any atom is -0.381 e. The molecule has 4 N–H and O–H groups in total. The molecule has 20 heavy (non-hydrogen) atoms. The molecule has 0 aromatic heterocycles. The van der Waals surface area contributed by atoms with E-state index in [9.17, 15) is 9.18 Å². The van der Waals surface area contributed by atoms with Crippen LogP contribution in [-0.2, 0) is 0 Å². The minimum absolute atomic E-state index is 0.154. The fraction of sp³-hybridized carbons (Fsp3) is 0.357. The number of carbonyl (C=O) groups is 1. The number of anilines is 2. The van der Waals surface area contributed by atoms with Gasteiger partial charge in [0.25, 0.3) is 0 Å². The lowest BCUT2D eigenvalue weighted by molar-refractivity contribution is 0.248. The van der Waals surface area contributed by atoms with Crippen molar-refractivity contribution in [1.29, 1.82) is 0 Å². The van der Waals surface area contributed by atoms with E-state index in [0.29, 0.717) is 25.0 Å². The Morgan fingerprint density at radius 3 is 2.55 bits per heavy atom. The van der Waals surface area contributed by atoms with Crippen molar-refractivity contribution in [3.8, 4) is 0 Å². The molecule has 0 saturated carbocycles. The summed E-state index contributed by atoms with van der Waals surface area (Å²) in [4.78, 5) is 13.2. The Morgan fingerprint density at radius 2 is 2.05 bits per heavy atom. The molecule has 0 aliphatic carbocycles. The third-order valence-corrected chi connectivity index (χ3v) is 2.82. The predicted molar refractivity (Wildman–Crippen MR) is 80.7 cm³/mol. The van der Waals surface area contributed by atoms with Crippen LogP contribution in [0.3, 0.4) is 0 Å². The van der Waals surface area contributed by atoms with Gasteiger partial charge in [-0.3, -0.25) is 4.90 Å². The van der Waals surface area contributed by atoms with Crippen molar-refractivity contribution in [2.75, 3.05) is 36.9 Å². The van der Waals surface area contributed by atoms with Crippen LogP contribution in [0.2, 0.25) is 0 Å². The first-order chi connectivity index (χ1) is 9.62. The number of nitrogens with two attached hydrogens (primary N) is 1. The van der Waals surface area contributed by atoms with Gasteiger partial charge in [-0.1, -0.05) is 0 Å². The first-order valence-corrected chi connectivity index (χ1v) is 6.46. The number of nitrogens with zero attached hydrogens (tertiary/aromatic N) is 1. The van der Waals surface area contributed by atoms with Crippen molar-refractivity contribution >= 4 is 17.4 Å². The molecule has 0 aliphatic rings. The van der Waals surface area contributed by atoms with Crippen molar-refractivity contribution < 1.29 is 9.18 Å². The summed E-state index contributed by atoms with van der Waals surface area (Å²) in [5.41, 5.74) is 7.49. The number of hydrogen-bond donors (Lipinski definition) is 3. The largest absolute Gasteiger partial charge is 0.381 e. The smallest absolute Gasteiger partial charge is 0.321 e. The molecule has 0 bridgehead atoms. The van der Waals surface area contributed by atoms with Gasteiger partial charge in [-0.15, -0.1) is 0 Å². The number of benzene rings is 1. The van der Waals surface area contributed by atoms with Crippen molar-refractivity contribution in [2.24, 2.45) is 5.73 Å². The summed E-state index contributed by atoms with van der Waals surface area (Å²) in [6.07, 6.45) is 0.518. The second-order valence-electron chi connectivity index (χ2n) is 4.27. The average Bonchev–Trinajstić information content (AvgIpc) is 2.48. The average molecular weight is 280 g/mol. The maximum absolute atomic E-state index is 12.4. The van der Waals surface area contributed by atoms with Crippen molar-refractivity contribution in [3.05, 3.63) is 36.2 Å². The lowest BCUT2D eigenvalue weighted by atomic mass is 10.2. The molecule has 0 radical (unpaired) electrons. The SMILES string of the molecule is CCNC(=O)N(C)c1ccc(NC/C(=C/F)CN)cc1. The zero-order chi connectivity index (χ0) is 15.0. The summed E-state index contributed by atoms with van der Waals surface area (Å²) in [6, 6.07) is 7.14. The topological polar surface area (TPSA) is 70.4 Å². The molecule has 0 saturated heterocycles. The minimum atomic E-state index is -0.154. The number of amides is 2. The van der Waals surface area contributed by atoms with Gasteiger partial charge < -0.3 is 16.4 Å². The Kier molecular flexibility index (Phi) is 6.52. The molecule has 0 fully saturated rings. The highest BCUT2D eigenvalue weighted by Crippen LogP contribution is 2.17. The number of urea groups is 1. The normalized spacial score (nSPS) is 11.1. The maximum atomic E-state index is 12.4. The Balaban J connectivity index is 2.62. The van der Waals surface area contributed by atoms with Gasteiger partial charge in [0.15, 0.2) is 0 Å². The van der Waals surface area contributed by atoms with Gasteiger partial charge in [-0.2, -0.15) is 0 Å². The molecule has 6 heteroatoms. The molecule has 1 aromatic carbocycles. The summed E-state index contributed by atoms with van der Waals surface area (Å²) in [7, 11) is 1.70. The zero-order valence-electron chi connectivity index (χ0n) is 11.8. The van der Waals surface area contributed by atoms with Crippen molar-refractivity contribution in [1.82, 2.24) is 5.32 Å². The zero-order valence-corrected chi connectivity index (χ0v) is 11.8. The first kappa shape index (κ1) is 16.0. The Labute approximate surface area is 118 Å². The van der Waals surface area contributed by atoms with E-state index in [1.165, 1.54) is 4.90 Å². The van der Waals surface area contributed by atoms with Gasteiger partial charge >= 0.3 is 6.03 Å². The number of carbonyl (C=O) groups excluding carboxylic acids is 1. The molecule has 0 atom stereocenters. The van der Waals surface area contributed by atoms with Crippen LogP contribution in [0.4, 0.5) is 20.6 Å². The standard InChI is InChI=1S/C14H21FN4O/c1-3-17-14(20)19(2)13-6-4-12(5-7-13)18-10-11(8-15)9-16/h4-8,18H,3,9-10,16H2,1-2H3,(H,17,20)/b11-8+. The van der Waals surface area contributed by atoms with E-state index in [2.05, 4.69) is 10.6 Å². The highest BCUT2D eigenvalue weighted by molar-refractivity contribution is 5.91. The van der Waals surface area contributed by atoms with E-state index in [1.807, 2.05) is 31.2 Å². The van der Waals surface area contributed by atoms with Gasteiger partial charge in [-0.25, -0.2) is 9.18 Å². The Hall–Kier alpha value is -2.08. The van der Waals surface area contributed by atoms with Crippen LogP contribution in [0.1, 0.15) is 6.92 Å². The highest BCUT2D eigenvalue weighted by Gasteiger charge is 2.08. The highest BCUT2D eigenvalue weighted by atomic mass is 19.1. The molecule has 0 spiro atoms. The monoisotopic (exact) mass is 280 g/mol. The van der Waals surface area contributed by atoms with Crippen LogP contribution >= 0.6 is 0 Å². The summed E-state index contributed by atoms with van der Waals surface area (Å²) in [6.45, 7) is 2.99. The fourth-order valence-corrected chi connectivity index (χ4v) is 1.56. The predicted octanol–water partition coefficient (Wildman–Crippen LogP) is 2.08. The molecule has 5 nitrogen and oxygen atoms in total. The summed E-state index contributed by atoms with van der Waals surface area (Å²) in [5, 5.41) is 5.78. The number of rotatable bonds is 6. The third-order valence-electron chi connectivity index (χ3n) is 2.82. The van der Waals surface area contributed by atoms with E-state index in [4.69, 9.17) is 5.73 Å². The molecule has 2 amide bonds. The molecule has 1 rings (SSSR count). The van der Waals surface area contributed by atoms with Gasteiger partial charge in [0.05, 0.1) is 6.33 Å². The van der Waals surface area contributed by atoms with Gasteiger partial charge in [0.2, 0.25) is 0 Å². The Morgan fingerprint density at radius 1 is 1.40 bits per heavy atom. The summed E-state index contributed by atoms with van der Waals surface area (Å²) >= 11 is 0. The van der Waals surface area contributed by atoms with Gasteiger partial charge in [-0.05, 0) is 36.8 Å². The molecule has 1 aromatic rings. The molecular weight excluding hydrogens is 259 g/mol. The van der Waals surface area contributed by atoms with Crippen LogP contribution in [0.5, 0.6) is 0 Å².